The predicted octanol–water partition coefficient (Wildman–Crippen LogP) is 3.56. The standard InChI is InChI=1S/C21H26N2O5S/c1-12(2)17(14-9-7-6-8-10-14)22-11-15(24)23-19-16(20(25)27-4)13(3)18(29-19)21(26)28-5/h6-10,12,17,22H,11H2,1-5H3,(H,23,24)/t17-/m0/s1. The summed E-state index contributed by atoms with van der Waals surface area (Å²) in [4.78, 5) is 36.9. The van der Waals surface area contributed by atoms with Gasteiger partial charge in [0.1, 0.15) is 9.88 Å². The van der Waals surface area contributed by atoms with Crippen LogP contribution < -0.4 is 10.6 Å². The molecule has 1 atom stereocenters. The first-order chi connectivity index (χ1) is 13.8. The lowest BCUT2D eigenvalue weighted by Crippen LogP contribution is -2.33. The van der Waals surface area contributed by atoms with E-state index in [1.54, 1.807) is 6.92 Å². The van der Waals surface area contributed by atoms with E-state index in [1.165, 1.54) is 14.2 Å². The number of amides is 1. The van der Waals surface area contributed by atoms with Gasteiger partial charge in [-0.2, -0.15) is 0 Å². The van der Waals surface area contributed by atoms with Crippen molar-refractivity contribution in [2.75, 3.05) is 26.1 Å². The second-order valence-electron chi connectivity index (χ2n) is 6.80. The number of hydrogen-bond donors (Lipinski definition) is 2. The van der Waals surface area contributed by atoms with Gasteiger partial charge in [0.25, 0.3) is 0 Å². The molecule has 29 heavy (non-hydrogen) atoms. The fourth-order valence-corrected chi connectivity index (χ4v) is 4.14. The monoisotopic (exact) mass is 418 g/mol. The van der Waals surface area contributed by atoms with Crippen molar-refractivity contribution in [2.24, 2.45) is 5.92 Å². The first kappa shape index (κ1) is 22.6. The molecular weight excluding hydrogens is 392 g/mol. The van der Waals surface area contributed by atoms with Crippen molar-refractivity contribution in [2.45, 2.75) is 26.8 Å². The third-order valence-electron chi connectivity index (χ3n) is 4.47. The summed E-state index contributed by atoms with van der Waals surface area (Å²) in [7, 11) is 2.51. The highest BCUT2D eigenvalue weighted by Crippen LogP contribution is 2.34. The largest absolute Gasteiger partial charge is 0.465 e. The Hall–Kier alpha value is -2.71. The summed E-state index contributed by atoms with van der Waals surface area (Å²) in [5.74, 6) is -1.25. The summed E-state index contributed by atoms with van der Waals surface area (Å²) in [6, 6.07) is 9.87. The molecule has 8 heteroatoms. The molecule has 0 unspecified atom stereocenters. The van der Waals surface area contributed by atoms with E-state index in [1.807, 2.05) is 30.3 Å². The molecule has 7 nitrogen and oxygen atoms in total. The summed E-state index contributed by atoms with van der Waals surface area (Å²) >= 11 is 0.993. The van der Waals surface area contributed by atoms with Crippen LogP contribution in [-0.2, 0) is 14.3 Å². The maximum absolute atomic E-state index is 12.6. The van der Waals surface area contributed by atoms with Gasteiger partial charge < -0.3 is 20.1 Å². The maximum Gasteiger partial charge on any atom is 0.348 e. The molecule has 0 saturated carbocycles. The molecule has 0 spiro atoms. The number of methoxy groups -OCH3 is 2. The molecule has 0 aliphatic heterocycles. The van der Waals surface area contributed by atoms with Crippen LogP contribution in [0.25, 0.3) is 0 Å². The van der Waals surface area contributed by atoms with Gasteiger partial charge in [0.05, 0.1) is 26.3 Å². The normalized spacial score (nSPS) is 11.8. The Labute approximate surface area is 174 Å². The van der Waals surface area contributed by atoms with E-state index in [0.717, 1.165) is 16.9 Å². The van der Waals surface area contributed by atoms with Gasteiger partial charge in [0.15, 0.2) is 0 Å². The number of thiophene rings is 1. The maximum atomic E-state index is 12.6. The molecule has 0 aliphatic carbocycles. The van der Waals surface area contributed by atoms with Gasteiger partial charge >= 0.3 is 11.9 Å². The lowest BCUT2D eigenvalue weighted by molar-refractivity contribution is -0.115. The fraction of sp³-hybridized carbons (Fsp3) is 0.381. The Kier molecular flexibility index (Phi) is 7.92. The van der Waals surface area contributed by atoms with Crippen LogP contribution in [-0.4, -0.2) is 38.6 Å². The number of nitrogens with one attached hydrogen (secondary N) is 2. The van der Waals surface area contributed by atoms with E-state index in [9.17, 15) is 14.4 Å². The summed E-state index contributed by atoms with van der Waals surface area (Å²) in [5.41, 5.74) is 1.67. The number of carbonyl (C=O) groups is 3. The zero-order chi connectivity index (χ0) is 21.6. The Balaban J connectivity index is 2.17. The number of esters is 2. The molecule has 0 bridgehead atoms. The smallest absolute Gasteiger partial charge is 0.348 e. The number of hydrogen-bond acceptors (Lipinski definition) is 7. The zero-order valence-corrected chi connectivity index (χ0v) is 18.0. The van der Waals surface area contributed by atoms with Gasteiger partial charge in [-0.15, -0.1) is 11.3 Å². The molecule has 1 amide bonds. The lowest BCUT2D eigenvalue weighted by atomic mass is 9.96. The first-order valence-electron chi connectivity index (χ1n) is 9.18. The lowest BCUT2D eigenvalue weighted by Gasteiger charge is -2.22. The van der Waals surface area contributed by atoms with Crippen molar-refractivity contribution in [1.29, 1.82) is 0 Å². The van der Waals surface area contributed by atoms with Crippen LogP contribution in [0.4, 0.5) is 5.00 Å². The summed E-state index contributed by atoms with van der Waals surface area (Å²) in [5, 5.41) is 6.24. The van der Waals surface area contributed by atoms with Crippen LogP contribution in [0.3, 0.4) is 0 Å². The minimum absolute atomic E-state index is 0.00210. The van der Waals surface area contributed by atoms with Crippen molar-refractivity contribution < 1.29 is 23.9 Å². The van der Waals surface area contributed by atoms with Crippen LogP contribution in [0.2, 0.25) is 0 Å². The Bertz CT molecular complexity index is 877. The quantitative estimate of drug-likeness (QED) is 0.637. The van der Waals surface area contributed by atoms with E-state index in [2.05, 4.69) is 24.5 Å². The van der Waals surface area contributed by atoms with E-state index < -0.39 is 11.9 Å². The highest BCUT2D eigenvalue weighted by Gasteiger charge is 2.27. The minimum atomic E-state index is -0.624. The summed E-state index contributed by atoms with van der Waals surface area (Å²) < 4.78 is 9.55. The van der Waals surface area contributed by atoms with Crippen molar-refractivity contribution in [3.63, 3.8) is 0 Å². The van der Waals surface area contributed by atoms with Gasteiger partial charge in [0.2, 0.25) is 5.91 Å². The SMILES string of the molecule is COC(=O)c1sc(NC(=O)CN[C@H](c2ccccc2)C(C)C)c(C(=O)OC)c1C. The van der Waals surface area contributed by atoms with Gasteiger partial charge in [-0.05, 0) is 24.0 Å². The van der Waals surface area contributed by atoms with Gasteiger partial charge in [-0.25, -0.2) is 9.59 Å². The molecule has 2 N–H and O–H groups in total. The Morgan fingerprint density at radius 3 is 2.21 bits per heavy atom. The summed E-state index contributed by atoms with van der Waals surface area (Å²) in [6.07, 6.45) is 0. The Morgan fingerprint density at radius 2 is 1.66 bits per heavy atom. The number of rotatable bonds is 8. The van der Waals surface area contributed by atoms with Crippen molar-refractivity contribution in [1.82, 2.24) is 5.32 Å². The average molecular weight is 419 g/mol. The third-order valence-corrected chi connectivity index (χ3v) is 5.66. The molecule has 1 aromatic heterocycles. The molecule has 2 aromatic rings. The molecule has 1 heterocycles. The van der Waals surface area contributed by atoms with Gasteiger partial charge in [-0.3, -0.25) is 4.79 Å². The van der Waals surface area contributed by atoms with Crippen LogP contribution in [0.5, 0.6) is 0 Å². The zero-order valence-electron chi connectivity index (χ0n) is 17.2. The van der Waals surface area contributed by atoms with E-state index >= 15 is 0 Å². The molecule has 0 radical (unpaired) electrons. The molecule has 2 rings (SSSR count). The van der Waals surface area contributed by atoms with E-state index in [0.29, 0.717) is 5.56 Å². The van der Waals surface area contributed by atoms with Crippen LogP contribution in [0, 0.1) is 12.8 Å². The van der Waals surface area contributed by atoms with Gasteiger partial charge in [-0.1, -0.05) is 44.2 Å². The van der Waals surface area contributed by atoms with Crippen molar-refractivity contribution in [3.8, 4) is 0 Å². The van der Waals surface area contributed by atoms with Gasteiger partial charge in [0, 0.05) is 6.04 Å². The first-order valence-corrected chi connectivity index (χ1v) is 10.00. The minimum Gasteiger partial charge on any atom is -0.465 e. The van der Waals surface area contributed by atoms with Crippen molar-refractivity contribution >= 4 is 34.2 Å². The number of carbonyl (C=O) groups excluding carboxylic acids is 3. The molecule has 0 fully saturated rings. The van der Waals surface area contributed by atoms with E-state index in [-0.39, 0.29) is 39.9 Å². The fourth-order valence-electron chi connectivity index (χ4n) is 3.01. The second kappa shape index (κ2) is 10.2. The van der Waals surface area contributed by atoms with Crippen LogP contribution in [0.15, 0.2) is 30.3 Å². The molecule has 0 saturated heterocycles. The topological polar surface area (TPSA) is 93.7 Å². The highest BCUT2D eigenvalue weighted by atomic mass is 32.1. The number of ether oxygens (including phenoxy) is 2. The van der Waals surface area contributed by atoms with Crippen molar-refractivity contribution in [3.05, 3.63) is 51.9 Å². The van der Waals surface area contributed by atoms with Crippen LogP contribution >= 0.6 is 11.3 Å². The van der Waals surface area contributed by atoms with Crippen LogP contribution in [0.1, 0.15) is 51.0 Å². The second-order valence-corrected chi connectivity index (χ2v) is 7.83. The number of anilines is 1. The summed E-state index contributed by atoms with van der Waals surface area (Å²) in [6.45, 7) is 5.81. The third kappa shape index (κ3) is 5.42. The Morgan fingerprint density at radius 1 is 1.03 bits per heavy atom. The molecule has 0 aliphatic rings. The molecule has 156 valence electrons. The molecule has 1 aromatic carbocycles. The highest BCUT2D eigenvalue weighted by molar-refractivity contribution is 7.18. The van der Waals surface area contributed by atoms with E-state index in [4.69, 9.17) is 9.47 Å². The average Bonchev–Trinajstić information content (AvgIpc) is 3.03. The predicted molar refractivity (Wildman–Crippen MR) is 112 cm³/mol. The molecular formula is C21H26N2O5S. The number of benzene rings is 1.